The number of halogens is 2. The summed E-state index contributed by atoms with van der Waals surface area (Å²) in [5, 5.41) is 0. The fraction of sp³-hybridized carbons (Fsp3) is 0.462. The van der Waals surface area contributed by atoms with Crippen molar-refractivity contribution in [3.63, 3.8) is 0 Å². The first-order chi connectivity index (χ1) is 9.07. The Bertz CT molecular complexity index is 535. The Balaban J connectivity index is 2.60. The van der Waals surface area contributed by atoms with Gasteiger partial charge in [0.15, 0.2) is 0 Å². The zero-order chi connectivity index (χ0) is 14.0. The lowest BCUT2D eigenvalue weighted by atomic mass is 10.0. The van der Waals surface area contributed by atoms with Crippen molar-refractivity contribution in [3.05, 3.63) is 23.3 Å². The first-order valence-corrected chi connectivity index (χ1v) is 5.71. The molecule has 1 aliphatic carbocycles. The maximum Gasteiger partial charge on any atom is 0.267 e. The van der Waals surface area contributed by atoms with E-state index in [2.05, 4.69) is 4.99 Å². The number of benzene rings is 1. The van der Waals surface area contributed by atoms with Crippen LogP contribution in [0.2, 0.25) is 0 Å². The van der Waals surface area contributed by atoms with E-state index in [1.54, 1.807) is 0 Å². The summed E-state index contributed by atoms with van der Waals surface area (Å²) in [6, 6.07) is 2.70. The van der Waals surface area contributed by atoms with Gasteiger partial charge in [-0.1, -0.05) is 0 Å². The molecule has 0 aliphatic heterocycles. The van der Waals surface area contributed by atoms with E-state index in [0.717, 1.165) is 0 Å². The maximum atomic E-state index is 13.0. The van der Waals surface area contributed by atoms with Gasteiger partial charge in [-0.15, -0.1) is 0 Å². The van der Waals surface area contributed by atoms with Gasteiger partial charge in [0.2, 0.25) is 6.08 Å². The molecule has 0 saturated heterocycles. The molecule has 0 aromatic heterocycles. The number of methoxy groups -OCH3 is 2. The smallest absolute Gasteiger partial charge is 0.267 e. The second-order valence-corrected chi connectivity index (χ2v) is 4.33. The standard InChI is InChI=1S/C13H13F2NO3/c1-18-10-6-11(19-2)9(5-8(10)12(14)15)13(3-4-13)16-7-17/h5-6,12H,3-4H2,1-2H3. The number of carbonyl (C=O) groups excluding carboxylic acids is 1. The van der Waals surface area contributed by atoms with Crippen molar-refractivity contribution >= 4 is 6.08 Å². The molecule has 0 radical (unpaired) electrons. The molecule has 1 aliphatic rings. The van der Waals surface area contributed by atoms with E-state index in [1.807, 2.05) is 0 Å². The average molecular weight is 269 g/mol. The van der Waals surface area contributed by atoms with E-state index in [-0.39, 0.29) is 11.3 Å². The number of hydrogen-bond acceptors (Lipinski definition) is 4. The van der Waals surface area contributed by atoms with Crippen LogP contribution < -0.4 is 9.47 Å². The van der Waals surface area contributed by atoms with Crippen molar-refractivity contribution < 1.29 is 23.0 Å². The largest absolute Gasteiger partial charge is 0.496 e. The average Bonchev–Trinajstić information content (AvgIpc) is 3.18. The molecule has 0 atom stereocenters. The summed E-state index contributed by atoms with van der Waals surface area (Å²) in [5.41, 5.74) is -0.511. The Kier molecular flexibility index (Phi) is 3.53. The van der Waals surface area contributed by atoms with Gasteiger partial charge < -0.3 is 9.47 Å². The van der Waals surface area contributed by atoms with Gasteiger partial charge in [0.25, 0.3) is 6.43 Å². The van der Waals surface area contributed by atoms with Crippen LogP contribution in [-0.2, 0) is 10.3 Å². The topological polar surface area (TPSA) is 47.9 Å². The first-order valence-electron chi connectivity index (χ1n) is 5.71. The molecule has 0 N–H and O–H groups in total. The van der Waals surface area contributed by atoms with Crippen LogP contribution in [0.5, 0.6) is 11.5 Å². The van der Waals surface area contributed by atoms with Crippen molar-refractivity contribution in [3.8, 4) is 11.5 Å². The van der Waals surface area contributed by atoms with Gasteiger partial charge in [-0.3, -0.25) is 0 Å². The molecule has 4 nitrogen and oxygen atoms in total. The number of ether oxygens (including phenoxy) is 2. The normalized spacial score (nSPS) is 15.8. The van der Waals surface area contributed by atoms with Crippen molar-refractivity contribution in [1.29, 1.82) is 0 Å². The van der Waals surface area contributed by atoms with Crippen LogP contribution in [0.15, 0.2) is 17.1 Å². The summed E-state index contributed by atoms with van der Waals surface area (Å²) in [5.74, 6) is 0.444. The van der Waals surface area contributed by atoms with Crippen molar-refractivity contribution in [1.82, 2.24) is 0 Å². The van der Waals surface area contributed by atoms with Gasteiger partial charge in [-0.25, -0.2) is 13.6 Å². The highest BCUT2D eigenvalue weighted by molar-refractivity contribution is 5.53. The lowest BCUT2D eigenvalue weighted by Gasteiger charge is -2.17. The van der Waals surface area contributed by atoms with Crippen LogP contribution in [0, 0.1) is 0 Å². The first kappa shape index (κ1) is 13.5. The fourth-order valence-electron chi connectivity index (χ4n) is 2.10. The van der Waals surface area contributed by atoms with Gasteiger partial charge >= 0.3 is 0 Å². The second-order valence-electron chi connectivity index (χ2n) is 4.33. The molecule has 1 aromatic rings. The summed E-state index contributed by atoms with van der Waals surface area (Å²) in [4.78, 5) is 14.2. The van der Waals surface area contributed by atoms with Crippen LogP contribution in [0.3, 0.4) is 0 Å². The molecule has 0 heterocycles. The third-order valence-corrected chi connectivity index (χ3v) is 3.27. The van der Waals surface area contributed by atoms with Gasteiger partial charge in [-0.05, 0) is 18.9 Å². The molecule has 0 bridgehead atoms. The number of aliphatic imine (C=N–C) groups is 1. The molecule has 102 valence electrons. The van der Waals surface area contributed by atoms with E-state index in [4.69, 9.17) is 9.47 Å². The minimum Gasteiger partial charge on any atom is -0.496 e. The summed E-state index contributed by atoms with van der Waals surface area (Å²) in [6.07, 6.45) is 0.0648. The van der Waals surface area contributed by atoms with Gasteiger partial charge in [0.05, 0.1) is 19.8 Å². The quantitative estimate of drug-likeness (QED) is 0.610. The molecule has 0 spiro atoms. The Morgan fingerprint density at radius 3 is 2.32 bits per heavy atom. The van der Waals surface area contributed by atoms with E-state index < -0.39 is 12.0 Å². The van der Waals surface area contributed by atoms with E-state index in [1.165, 1.54) is 32.4 Å². The van der Waals surface area contributed by atoms with Crippen LogP contribution in [0.4, 0.5) is 8.78 Å². The van der Waals surface area contributed by atoms with Crippen LogP contribution in [0.25, 0.3) is 0 Å². The zero-order valence-electron chi connectivity index (χ0n) is 10.6. The lowest BCUT2D eigenvalue weighted by Crippen LogP contribution is -2.07. The molecule has 1 saturated carbocycles. The highest BCUT2D eigenvalue weighted by Gasteiger charge is 2.47. The lowest BCUT2D eigenvalue weighted by molar-refractivity contribution is 0.146. The summed E-state index contributed by atoms with van der Waals surface area (Å²) < 4.78 is 36.1. The van der Waals surface area contributed by atoms with E-state index in [9.17, 15) is 13.6 Å². The van der Waals surface area contributed by atoms with Crippen LogP contribution in [0.1, 0.15) is 30.4 Å². The molecule has 1 fully saturated rings. The predicted molar refractivity (Wildman–Crippen MR) is 63.5 cm³/mol. The van der Waals surface area contributed by atoms with Gasteiger partial charge in [0.1, 0.15) is 17.0 Å². The molecular formula is C13H13F2NO3. The molecule has 0 unspecified atom stereocenters. The predicted octanol–water partition coefficient (Wildman–Crippen LogP) is 2.97. The number of alkyl halides is 2. The SMILES string of the molecule is COc1cc(OC)c(C2(N=C=O)CC2)cc1C(F)F. The van der Waals surface area contributed by atoms with Crippen molar-refractivity contribution in [2.75, 3.05) is 14.2 Å². The Morgan fingerprint density at radius 1 is 1.26 bits per heavy atom. The fourth-order valence-corrected chi connectivity index (χ4v) is 2.10. The van der Waals surface area contributed by atoms with E-state index in [0.29, 0.717) is 24.2 Å². The number of isocyanates is 1. The third kappa shape index (κ3) is 2.31. The third-order valence-electron chi connectivity index (χ3n) is 3.27. The Hall–Kier alpha value is -1.94. The van der Waals surface area contributed by atoms with E-state index >= 15 is 0 Å². The Morgan fingerprint density at radius 2 is 1.89 bits per heavy atom. The summed E-state index contributed by atoms with van der Waals surface area (Å²) in [7, 11) is 2.75. The van der Waals surface area contributed by atoms with Crippen LogP contribution in [-0.4, -0.2) is 20.3 Å². The van der Waals surface area contributed by atoms with Gasteiger partial charge in [0, 0.05) is 11.6 Å². The minimum absolute atomic E-state index is 0.0569. The molecule has 0 amide bonds. The van der Waals surface area contributed by atoms with Crippen molar-refractivity contribution in [2.24, 2.45) is 4.99 Å². The Labute approximate surface area is 109 Å². The number of nitrogens with zero attached hydrogens (tertiary/aromatic N) is 1. The maximum absolute atomic E-state index is 13.0. The monoisotopic (exact) mass is 269 g/mol. The summed E-state index contributed by atoms with van der Waals surface area (Å²) >= 11 is 0. The summed E-state index contributed by atoms with van der Waals surface area (Å²) in [6.45, 7) is 0. The van der Waals surface area contributed by atoms with Crippen molar-refractivity contribution in [2.45, 2.75) is 24.8 Å². The molecule has 2 rings (SSSR count). The highest BCUT2D eigenvalue weighted by Crippen LogP contribution is 2.54. The zero-order valence-corrected chi connectivity index (χ0v) is 10.6. The minimum atomic E-state index is -2.67. The van der Waals surface area contributed by atoms with Crippen LogP contribution >= 0.6 is 0 Å². The number of hydrogen-bond donors (Lipinski definition) is 0. The second kappa shape index (κ2) is 4.97. The molecular weight excluding hydrogens is 256 g/mol. The molecule has 6 heteroatoms. The van der Waals surface area contributed by atoms with Gasteiger partial charge in [-0.2, -0.15) is 4.99 Å². The molecule has 1 aromatic carbocycles. The number of rotatable bonds is 5. The highest BCUT2D eigenvalue weighted by atomic mass is 19.3. The molecule has 19 heavy (non-hydrogen) atoms.